The number of para-hydroxylation sites is 1. The quantitative estimate of drug-likeness (QED) is 0.438. The van der Waals surface area contributed by atoms with Crippen molar-refractivity contribution in [3.8, 4) is 5.69 Å². The van der Waals surface area contributed by atoms with Crippen molar-refractivity contribution in [2.24, 2.45) is 0 Å². The summed E-state index contributed by atoms with van der Waals surface area (Å²) in [6.07, 6.45) is 0. The molecule has 1 aliphatic heterocycles. The van der Waals surface area contributed by atoms with Gasteiger partial charge >= 0.3 is 5.69 Å². The van der Waals surface area contributed by atoms with Gasteiger partial charge in [-0.25, -0.2) is 13.8 Å². The van der Waals surface area contributed by atoms with E-state index in [0.717, 1.165) is 15.7 Å². The number of carbonyl (C=O) groups excluding carboxylic acids is 1. The molecule has 0 atom stereocenters. The van der Waals surface area contributed by atoms with E-state index >= 15 is 0 Å². The number of hydrogen-bond donors (Lipinski definition) is 0. The summed E-state index contributed by atoms with van der Waals surface area (Å²) in [5, 5.41) is 1.76. The Hall–Kier alpha value is -3.72. The van der Waals surface area contributed by atoms with Crippen LogP contribution in [-0.4, -0.2) is 46.1 Å². The minimum Gasteiger partial charge on any atom is -0.366 e. The zero-order valence-electron chi connectivity index (χ0n) is 19.5. The van der Waals surface area contributed by atoms with Gasteiger partial charge in [0.25, 0.3) is 5.56 Å². The van der Waals surface area contributed by atoms with Gasteiger partial charge in [-0.3, -0.25) is 14.2 Å². The summed E-state index contributed by atoms with van der Waals surface area (Å²) >= 11 is 1.26. The van der Waals surface area contributed by atoms with E-state index in [9.17, 15) is 18.8 Å². The van der Waals surface area contributed by atoms with Gasteiger partial charge in [0.05, 0.1) is 16.9 Å². The van der Waals surface area contributed by atoms with Crippen molar-refractivity contribution in [3.63, 3.8) is 0 Å². The maximum atomic E-state index is 14.2. The van der Waals surface area contributed by atoms with Crippen molar-refractivity contribution in [2.45, 2.75) is 20.4 Å². The zero-order chi connectivity index (χ0) is 24.7. The topological polar surface area (TPSA) is 67.6 Å². The molecule has 1 aliphatic rings. The van der Waals surface area contributed by atoms with E-state index in [1.165, 1.54) is 22.0 Å². The predicted octanol–water partition coefficient (Wildman–Crippen LogP) is 3.32. The molecule has 3 heterocycles. The van der Waals surface area contributed by atoms with Crippen LogP contribution in [0.4, 0.5) is 10.1 Å². The number of nitrogens with zero attached hydrogens (tertiary/aromatic N) is 4. The minimum atomic E-state index is -0.538. The van der Waals surface area contributed by atoms with Crippen molar-refractivity contribution >= 4 is 33.1 Å². The first-order chi connectivity index (χ1) is 16.8. The van der Waals surface area contributed by atoms with E-state index in [-0.39, 0.29) is 23.8 Å². The molecular formula is C26H25FN4O3S. The largest absolute Gasteiger partial charge is 0.366 e. The van der Waals surface area contributed by atoms with Crippen LogP contribution in [0.15, 0.2) is 63.5 Å². The normalized spacial score (nSPS) is 14.0. The summed E-state index contributed by atoms with van der Waals surface area (Å²) in [7, 11) is 0. The Kier molecular flexibility index (Phi) is 6.02. The molecule has 7 nitrogen and oxygen atoms in total. The van der Waals surface area contributed by atoms with Crippen LogP contribution in [0, 0.1) is 19.7 Å². The fraction of sp³-hybridized carbons (Fsp3) is 0.269. The fourth-order valence-electron chi connectivity index (χ4n) is 4.69. The van der Waals surface area contributed by atoms with E-state index < -0.39 is 5.69 Å². The van der Waals surface area contributed by atoms with Crippen LogP contribution in [0.5, 0.6) is 0 Å². The Bertz CT molecular complexity index is 1530. The molecular weight excluding hydrogens is 467 g/mol. The van der Waals surface area contributed by atoms with Crippen molar-refractivity contribution in [1.82, 2.24) is 14.0 Å². The van der Waals surface area contributed by atoms with Crippen molar-refractivity contribution in [2.75, 3.05) is 31.1 Å². The minimum absolute atomic E-state index is 0.170. The number of carbonyl (C=O) groups is 1. The molecule has 1 saturated heterocycles. The van der Waals surface area contributed by atoms with Gasteiger partial charge in [0.2, 0.25) is 5.91 Å². The van der Waals surface area contributed by atoms with Crippen LogP contribution < -0.4 is 16.1 Å². The molecule has 4 aromatic rings. The van der Waals surface area contributed by atoms with Crippen LogP contribution in [0.2, 0.25) is 0 Å². The van der Waals surface area contributed by atoms with Gasteiger partial charge in [-0.2, -0.15) is 0 Å². The molecule has 35 heavy (non-hydrogen) atoms. The molecule has 0 saturated carbocycles. The molecule has 0 unspecified atom stereocenters. The van der Waals surface area contributed by atoms with Crippen LogP contribution in [0.25, 0.3) is 15.9 Å². The molecule has 9 heteroatoms. The molecule has 0 aliphatic carbocycles. The third kappa shape index (κ3) is 4.27. The number of benzene rings is 2. The van der Waals surface area contributed by atoms with Gasteiger partial charge in [-0.15, -0.1) is 11.3 Å². The number of halogens is 1. The van der Waals surface area contributed by atoms with Crippen molar-refractivity contribution in [3.05, 3.63) is 91.7 Å². The molecule has 2 aromatic heterocycles. The first kappa shape index (κ1) is 23.0. The first-order valence-electron chi connectivity index (χ1n) is 11.4. The van der Waals surface area contributed by atoms with E-state index in [0.29, 0.717) is 47.8 Å². The Morgan fingerprint density at radius 1 is 0.971 bits per heavy atom. The van der Waals surface area contributed by atoms with E-state index in [1.807, 2.05) is 24.8 Å². The van der Waals surface area contributed by atoms with Crippen LogP contribution in [-0.2, 0) is 11.3 Å². The third-order valence-corrected chi connectivity index (χ3v) is 7.23. The summed E-state index contributed by atoms with van der Waals surface area (Å²) < 4.78 is 17.1. The predicted molar refractivity (Wildman–Crippen MR) is 136 cm³/mol. The summed E-state index contributed by atoms with van der Waals surface area (Å²) in [4.78, 5) is 43.6. The highest BCUT2D eigenvalue weighted by atomic mass is 32.1. The van der Waals surface area contributed by atoms with Gasteiger partial charge in [0.1, 0.15) is 17.1 Å². The highest BCUT2D eigenvalue weighted by Crippen LogP contribution is 2.21. The zero-order valence-corrected chi connectivity index (χ0v) is 20.3. The van der Waals surface area contributed by atoms with Gasteiger partial charge in [-0.1, -0.05) is 18.2 Å². The molecule has 5 rings (SSSR count). The number of anilines is 1. The molecule has 0 radical (unpaired) electrons. The monoisotopic (exact) mass is 492 g/mol. The fourth-order valence-corrected chi connectivity index (χ4v) is 5.51. The van der Waals surface area contributed by atoms with Gasteiger partial charge < -0.3 is 9.80 Å². The molecule has 0 N–H and O–H groups in total. The lowest BCUT2D eigenvalue weighted by molar-refractivity contribution is -0.132. The SMILES string of the molecule is Cc1cc(C)cc(-n2c(=O)c3sccc3n(CC(=O)N3CCN(c4ccccc4F)CC3)c2=O)c1. The highest BCUT2D eigenvalue weighted by molar-refractivity contribution is 7.17. The average molecular weight is 493 g/mol. The van der Waals surface area contributed by atoms with E-state index in [2.05, 4.69) is 0 Å². The van der Waals surface area contributed by atoms with Crippen LogP contribution in [0.1, 0.15) is 11.1 Å². The number of thiophene rings is 1. The first-order valence-corrected chi connectivity index (χ1v) is 12.3. The second-order valence-corrected chi connectivity index (χ2v) is 9.73. The van der Waals surface area contributed by atoms with Crippen LogP contribution >= 0.6 is 11.3 Å². The lowest BCUT2D eigenvalue weighted by Crippen LogP contribution is -2.51. The Balaban J connectivity index is 1.44. The van der Waals surface area contributed by atoms with Crippen molar-refractivity contribution < 1.29 is 9.18 Å². The lowest BCUT2D eigenvalue weighted by Gasteiger charge is -2.36. The number of aromatic nitrogens is 2. The highest BCUT2D eigenvalue weighted by Gasteiger charge is 2.25. The second kappa shape index (κ2) is 9.14. The number of aryl methyl sites for hydroxylation is 2. The number of fused-ring (bicyclic) bond motifs is 1. The Labute approximate surface area is 205 Å². The molecule has 1 fully saturated rings. The van der Waals surface area contributed by atoms with Crippen LogP contribution in [0.3, 0.4) is 0 Å². The molecule has 180 valence electrons. The summed E-state index contributed by atoms with van der Waals surface area (Å²) in [6, 6.07) is 13.9. The van der Waals surface area contributed by atoms with Gasteiger partial charge in [0.15, 0.2) is 0 Å². The number of rotatable bonds is 4. The Morgan fingerprint density at radius 3 is 2.34 bits per heavy atom. The lowest BCUT2D eigenvalue weighted by atomic mass is 10.1. The number of hydrogen-bond acceptors (Lipinski definition) is 5. The van der Waals surface area contributed by atoms with Crippen molar-refractivity contribution in [1.29, 1.82) is 0 Å². The van der Waals surface area contributed by atoms with Gasteiger partial charge in [-0.05, 0) is 60.7 Å². The molecule has 0 bridgehead atoms. The maximum Gasteiger partial charge on any atom is 0.336 e. The molecule has 1 amide bonds. The smallest absolute Gasteiger partial charge is 0.336 e. The van der Waals surface area contributed by atoms with Gasteiger partial charge in [0, 0.05) is 26.2 Å². The number of piperazine rings is 1. The Morgan fingerprint density at radius 2 is 1.66 bits per heavy atom. The molecule has 2 aromatic carbocycles. The molecule has 0 spiro atoms. The summed E-state index contributed by atoms with van der Waals surface area (Å²) in [6.45, 7) is 5.49. The average Bonchev–Trinajstić information content (AvgIpc) is 3.32. The number of amides is 1. The maximum absolute atomic E-state index is 14.2. The summed E-state index contributed by atoms with van der Waals surface area (Å²) in [5.74, 6) is -0.495. The third-order valence-electron chi connectivity index (χ3n) is 6.34. The van der Waals surface area contributed by atoms with E-state index in [4.69, 9.17) is 0 Å². The summed E-state index contributed by atoms with van der Waals surface area (Å²) in [5.41, 5.74) is 2.44. The van der Waals surface area contributed by atoms with E-state index in [1.54, 1.807) is 46.7 Å². The standard InChI is InChI=1S/C26H25FN4O3S/c1-17-13-18(2)15-19(14-17)31-25(33)24-22(7-12-35-24)30(26(31)34)16-23(32)29-10-8-28(9-11-29)21-6-4-3-5-20(21)27/h3-7,12-15H,8-11,16H2,1-2H3. The second-order valence-electron chi connectivity index (χ2n) is 8.81.